The number of carbonyl (C=O) groups is 1. The van der Waals surface area contributed by atoms with E-state index in [-0.39, 0.29) is 16.0 Å². The number of hydrogen-bond donors (Lipinski definition) is 1. The molecule has 2 aromatic carbocycles. The molecule has 0 spiro atoms. The second-order valence-corrected chi connectivity index (χ2v) is 6.42. The lowest BCUT2D eigenvalue weighted by molar-refractivity contribution is -0.127. The van der Waals surface area contributed by atoms with Gasteiger partial charge in [-0.05, 0) is 29.8 Å². The third-order valence-electron chi connectivity index (χ3n) is 2.87. The predicted octanol–water partition coefficient (Wildman–Crippen LogP) is 2.91. The van der Waals surface area contributed by atoms with Crippen LogP contribution in [0.1, 0.15) is 15.9 Å². The third-order valence-corrected chi connectivity index (χ3v) is 4.22. The van der Waals surface area contributed by atoms with Crippen LogP contribution in [0.2, 0.25) is 0 Å². The van der Waals surface area contributed by atoms with Gasteiger partial charge in [0.15, 0.2) is 0 Å². The minimum Gasteiger partial charge on any atom is -0.268 e. The number of carbonyl (C=O) groups excluding carboxylic acids is 1. The number of sulfonamides is 1. The van der Waals surface area contributed by atoms with Crippen molar-refractivity contribution in [3.05, 3.63) is 65.7 Å². The zero-order valence-electron chi connectivity index (χ0n) is 11.7. The smallest absolute Gasteiger partial charge is 0.268 e. The molecule has 0 aliphatic rings. The number of hydrogen-bond acceptors (Lipinski definition) is 3. The molecule has 0 unspecified atom stereocenters. The normalized spacial score (nSPS) is 12.0. The molecule has 4 nitrogen and oxygen atoms in total. The SMILES string of the molecule is O=C(NS(=O)(=O)c1ccccc1)c1cccc(CC(F)(F)F)c1. The molecule has 1 amide bonds. The van der Waals surface area contributed by atoms with Crippen molar-refractivity contribution >= 4 is 15.9 Å². The molecule has 0 saturated heterocycles. The molecule has 0 aliphatic carbocycles. The van der Waals surface area contributed by atoms with Gasteiger partial charge >= 0.3 is 6.18 Å². The molecule has 0 atom stereocenters. The van der Waals surface area contributed by atoms with Gasteiger partial charge in [-0.15, -0.1) is 0 Å². The number of benzene rings is 2. The van der Waals surface area contributed by atoms with E-state index < -0.39 is 28.5 Å². The molecule has 23 heavy (non-hydrogen) atoms. The summed E-state index contributed by atoms with van der Waals surface area (Å²) in [5, 5.41) is 0. The van der Waals surface area contributed by atoms with E-state index in [9.17, 15) is 26.4 Å². The highest BCUT2D eigenvalue weighted by atomic mass is 32.2. The second kappa shape index (κ2) is 6.41. The molecule has 122 valence electrons. The van der Waals surface area contributed by atoms with Crippen LogP contribution in [0, 0.1) is 0 Å². The van der Waals surface area contributed by atoms with Gasteiger partial charge in [-0.3, -0.25) is 4.79 Å². The van der Waals surface area contributed by atoms with Crippen molar-refractivity contribution in [1.82, 2.24) is 4.72 Å². The Labute approximate surface area is 131 Å². The van der Waals surface area contributed by atoms with E-state index in [0.717, 1.165) is 6.07 Å². The van der Waals surface area contributed by atoms with Gasteiger partial charge in [0.2, 0.25) is 0 Å². The molecular weight excluding hydrogens is 331 g/mol. The fourth-order valence-corrected chi connectivity index (χ4v) is 2.89. The first kappa shape index (κ1) is 17.0. The molecule has 0 fully saturated rings. The number of rotatable bonds is 4. The van der Waals surface area contributed by atoms with Crippen LogP contribution < -0.4 is 4.72 Å². The molecule has 0 aromatic heterocycles. The van der Waals surface area contributed by atoms with E-state index in [1.807, 2.05) is 4.72 Å². The molecule has 2 rings (SSSR count). The highest BCUT2D eigenvalue weighted by Crippen LogP contribution is 2.21. The van der Waals surface area contributed by atoms with Gasteiger partial charge in [0.05, 0.1) is 11.3 Å². The number of halogens is 3. The van der Waals surface area contributed by atoms with Gasteiger partial charge in [-0.2, -0.15) is 13.2 Å². The Morgan fingerprint density at radius 2 is 1.65 bits per heavy atom. The minimum atomic E-state index is -4.41. The van der Waals surface area contributed by atoms with Gasteiger partial charge in [0.25, 0.3) is 15.9 Å². The van der Waals surface area contributed by atoms with Crippen molar-refractivity contribution in [2.24, 2.45) is 0 Å². The maximum atomic E-state index is 12.4. The van der Waals surface area contributed by atoms with E-state index in [4.69, 9.17) is 0 Å². The van der Waals surface area contributed by atoms with Crippen LogP contribution in [0.5, 0.6) is 0 Å². The fraction of sp³-hybridized carbons (Fsp3) is 0.133. The summed E-state index contributed by atoms with van der Waals surface area (Å²) >= 11 is 0. The first-order valence-electron chi connectivity index (χ1n) is 6.45. The Morgan fingerprint density at radius 1 is 1.00 bits per heavy atom. The number of nitrogens with one attached hydrogen (secondary N) is 1. The van der Waals surface area contributed by atoms with Crippen molar-refractivity contribution < 1.29 is 26.4 Å². The van der Waals surface area contributed by atoms with Crippen molar-refractivity contribution in [1.29, 1.82) is 0 Å². The van der Waals surface area contributed by atoms with E-state index >= 15 is 0 Å². The topological polar surface area (TPSA) is 63.2 Å². The van der Waals surface area contributed by atoms with Gasteiger partial charge in [-0.25, -0.2) is 13.1 Å². The Hall–Kier alpha value is -2.35. The number of amides is 1. The summed E-state index contributed by atoms with van der Waals surface area (Å²) in [6, 6.07) is 11.9. The molecule has 0 saturated carbocycles. The van der Waals surface area contributed by atoms with Crippen LogP contribution in [-0.2, 0) is 16.4 Å². The van der Waals surface area contributed by atoms with Gasteiger partial charge < -0.3 is 0 Å². The molecule has 2 aromatic rings. The molecule has 8 heteroatoms. The Morgan fingerprint density at radius 3 is 2.26 bits per heavy atom. The Balaban J connectivity index is 2.20. The molecule has 1 N–H and O–H groups in total. The van der Waals surface area contributed by atoms with Crippen LogP contribution in [0.25, 0.3) is 0 Å². The van der Waals surface area contributed by atoms with E-state index in [0.29, 0.717) is 0 Å². The van der Waals surface area contributed by atoms with Crippen LogP contribution in [0.4, 0.5) is 13.2 Å². The summed E-state index contributed by atoms with van der Waals surface area (Å²) in [6.07, 6.45) is -5.61. The third kappa shape index (κ3) is 4.82. The lowest BCUT2D eigenvalue weighted by Crippen LogP contribution is -2.30. The monoisotopic (exact) mass is 343 g/mol. The van der Waals surface area contributed by atoms with Crippen LogP contribution >= 0.6 is 0 Å². The summed E-state index contributed by atoms with van der Waals surface area (Å²) < 4.78 is 63.0. The van der Waals surface area contributed by atoms with Gasteiger partial charge in [-0.1, -0.05) is 30.3 Å². The molecule has 0 aliphatic heterocycles. The Bertz CT molecular complexity index is 802. The highest BCUT2D eigenvalue weighted by molar-refractivity contribution is 7.90. The largest absolute Gasteiger partial charge is 0.393 e. The van der Waals surface area contributed by atoms with Gasteiger partial charge in [0, 0.05) is 5.56 Å². The van der Waals surface area contributed by atoms with E-state index in [1.165, 1.54) is 42.5 Å². The first-order chi connectivity index (χ1) is 10.7. The summed E-state index contributed by atoms with van der Waals surface area (Å²) in [5.41, 5.74) is -0.284. The first-order valence-corrected chi connectivity index (χ1v) is 7.93. The summed E-state index contributed by atoms with van der Waals surface area (Å²) in [5.74, 6) is -0.988. The van der Waals surface area contributed by atoms with Crippen molar-refractivity contribution in [2.45, 2.75) is 17.5 Å². The van der Waals surface area contributed by atoms with Crippen LogP contribution in [0.15, 0.2) is 59.5 Å². The van der Waals surface area contributed by atoms with E-state index in [2.05, 4.69) is 0 Å². The highest BCUT2D eigenvalue weighted by Gasteiger charge is 2.28. The molecule has 0 radical (unpaired) electrons. The second-order valence-electron chi connectivity index (χ2n) is 4.74. The number of alkyl halides is 3. The summed E-state index contributed by atoms with van der Waals surface area (Å²) in [7, 11) is -4.08. The molecule has 0 heterocycles. The van der Waals surface area contributed by atoms with Crippen molar-refractivity contribution in [3.63, 3.8) is 0 Å². The van der Waals surface area contributed by atoms with Gasteiger partial charge in [0.1, 0.15) is 0 Å². The minimum absolute atomic E-state index is 0.111. The average molecular weight is 343 g/mol. The quantitative estimate of drug-likeness (QED) is 0.928. The predicted molar refractivity (Wildman–Crippen MR) is 77.3 cm³/mol. The molecular formula is C15H12F3NO3S. The van der Waals surface area contributed by atoms with Crippen LogP contribution in [0.3, 0.4) is 0 Å². The lowest BCUT2D eigenvalue weighted by Gasteiger charge is -2.09. The lowest BCUT2D eigenvalue weighted by atomic mass is 10.1. The maximum Gasteiger partial charge on any atom is 0.393 e. The Kier molecular flexibility index (Phi) is 4.74. The maximum absolute atomic E-state index is 12.4. The standard InChI is InChI=1S/C15H12F3NO3S/c16-15(17,18)10-11-5-4-6-12(9-11)14(20)19-23(21,22)13-7-2-1-3-8-13/h1-9H,10H2,(H,19,20). The van der Waals surface area contributed by atoms with Crippen molar-refractivity contribution in [2.75, 3.05) is 0 Å². The van der Waals surface area contributed by atoms with E-state index in [1.54, 1.807) is 6.07 Å². The zero-order valence-corrected chi connectivity index (χ0v) is 12.5. The van der Waals surface area contributed by atoms with Crippen LogP contribution in [-0.4, -0.2) is 20.5 Å². The van der Waals surface area contributed by atoms with Crippen molar-refractivity contribution in [3.8, 4) is 0 Å². The summed E-state index contributed by atoms with van der Waals surface area (Å²) in [4.78, 5) is 11.9. The average Bonchev–Trinajstić information content (AvgIpc) is 2.46. The molecule has 0 bridgehead atoms. The zero-order chi connectivity index (χ0) is 17.1. The fourth-order valence-electron chi connectivity index (χ4n) is 1.89. The summed E-state index contributed by atoms with van der Waals surface area (Å²) in [6.45, 7) is 0.